The van der Waals surface area contributed by atoms with Crippen LogP contribution in [0.5, 0.6) is 0 Å². The van der Waals surface area contributed by atoms with Crippen molar-refractivity contribution in [2.24, 2.45) is 5.92 Å². The van der Waals surface area contributed by atoms with Gasteiger partial charge in [0, 0.05) is 26.7 Å². The number of carboxylic acids is 1. The number of aliphatic carboxylic acids is 1. The van der Waals surface area contributed by atoms with Gasteiger partial charge in [0.05, 0.1) is 19.1 Å². The minimum atomic E-state index is -0.888. The quantitative estimate of drug-likeness (QED) is 0.800. The van der Waals surface area contributed by atoms with Crippen LogP contribution in [0.1, 0.15) is 19.3 Å². The van der Waals surface area contributed by atoms with E-state index in [4.69, 9.17) is 9.84 Å². The number of morpholine rings is 1. The van der Waals surface area contributed by atoms with Gasteiger partial charge in [0.15, 0.2) is 0 Å². The molecule has 1 atom stereocenters. The second kappa shape index (κ2) is 5.56. The number of hydrogen-bond donors (Lipinski definition) is 1. The van der Waals surface area contributed by atoms with Crippen molar-refractivity contribution in [1.29, 1.82) is 0 Å². The molecule has 2 fully saturated rings. The molecule has 1 aliphatic carbocycles. The van der Waals surface area contributed by atoms with Crippen LogP contribution in [0.15, 0.2) is 0 Å². The molecule has 0 aromatic rings. The molecule has 6 heteroatoms. The molecule has 0 aromatic carbocycles. The fraction of sp³-hybridized carbons (Fsp3) is 0.833. The van der Waals surface area contributed by atoms with Crippen LogP contribution >= 0.6 is 0 Å². The molecule has 6 nitrogen and oxygen atoms in total. The molecule has 0 radical (unpaired) electrons. The van der Waals surface area contributed by atoms with Crippen molar-refractivity contribution >= 4 is 12.0 Å². The number of carbonyl (C=O) groups excluding carboxylic acids is 1. The van der Waals surface area contributed by atoms with Crippen LogP contribution in [0.25, 0.3) is 0 Å². The third-order valence-corrected chi connectivity index (χ3v) is 3.37. The summed E-state index contributed by atoms with van der Waals surface area (Å²) >= 11 is 0. The van der Waals surface area contributed by atoms with Crippen molar-refractivity contribution in [2.75, 3.05) is 33.3 Å². The predicted octanol–water partition coefficient (Wildman–Crippen LogP) is 0.624. The molecule has 18 heavy (non-hydrogen) atoms. The van der Waals surface area contributed by atoms with Crippen molar-refractivity contribution in [3.05, 3.63) is 0 Å². The molecule has 102 valence electrons. The summed E-state index contributed by atoms with van der Waals surface area (Å²) in [5.41, 5.74) is 0. The molecule has 2 rings (SSSR count). The lowest BCUT2D eigenvalue weighted by molar-refractivity contribution is -0.141. The van der Waals surface area contributed by atoms with Gasteiger partial charge in [-0.1, -0.05) is 0 Å². The Morgan fingerprint density at radius 3 is 2.78 bits per heavy atom. The van der Waals surface area contributed by atoms with Gasteiger partial charge < -0.3 is 19.6 Å². The maximum atomic E-state index is 12.1. The molecule has 1 N–H and O–H groups in total. The fourth-order valence-corrected chi connectivity index (χ4v) is 2.22. The van der Waals surface area contributed by atoms with Gasteiger partial charge in [-0.05, 0) is 18.8 Å². The first-order valence-electron chi connectivity index (χ1n) is 6.39. The first-order valence-corrected chi connectivity index (χ1v) is 6.39. The van der Waals surface area contributed by atoms with Crippen molar-refractivity contribution in [3.8, 4) is 0 Å². The summed E-state index contributed by atoms with van der Waals surface area (Å²) in [5.74, 6) is -0.226. The highest BCUT2D eigenvalue weighted by Gasteiger charge is 2.30. The van der Waals surface area contributed by atoms with Gasteiger partial charge in [-0.2, -0.15) is 0 Å². The fourth-order valence-electron chi connectivity index (χ4n) is 2.22. The van der Waals surface area contributed by atoms with E-state index in [1.165, 1.54) is 12.8 Å². The molecule has 0 aromatic heterocycles. The average molecular weight is 256 g/mol. The van der Waals surface area contributed by atoms with Crippen LogP contribution in [0, 0.1) is 5.92 Å². The molecular formula is C12H20N2O4. The Kier molecular flexibility index (Phi) is 4.06. The number of carbonyl (C=O) groups is 2. The minimum absolute atomic E-state index is 0.0133. The first-order chi connectivity index (χ1) is 8.56. The topological polar surface area (TPSA) is 70.1 Å². The molecule has 1 heterocycles. The van der Waals surface area contributed by atoms with E-state index in [-0.39, 0.29) is 18.6 Å². The van der Waals surface area contributed by atoms with Crippen molar-refractivity contribution in [3.63, 3.8) is 0 Å². The molecule has 2 aliphatic rings. The number of amides is 2. The van der Waals surface area contributed by atoms with Gasteiger partial charge in [-0.3, -0.25) is 4.79 Å². The van der Waals surface area contributed by atoms with Crippen molar-refractivity contribution in [2.45, 2.75) is 25.4 Å². The van der Waals surface area contributed by atoms with Crippen LogP contribution in [0.4, 0.5) is 4.79 Å². The second-order valence-electron chi connectivity index (χ2n) is 5.14. The lowest BCUT2D eigenvalue weighted by atomic mass is 10.2. The molecule has 1 aliphatic heterocycles. The summed E-state index contributed by atoms with van der Waals surface area (Å²) in [6.07, 6.45) is 2.00. The highest BCUT2D eigenvalue weighted by atomic mass is 16.5. The Morgan fingerprint density at radius 1 is 1.44 bits per heavy atom. The Hall–Kier alpha value is -1.30. The normalized spacial score (nSPS) is 23.8. The lowest BCUT2D eigenvalue weighted by Gasteiger charge is -2.35. The van der Waals surface area contributed by atoms with E-state index in [0.29, 0.717) is 25.6 Å². The Morgan fingerprint density at radius 2 is 2.17 bits per heavy atom. The van der Waals surface area contributed by atoms with E-state index >= 15 is 0 Å². The zero-order valence-electron chi connectivity index (χ0n) is 10.7. The van der Waals surface area contributed by atoms with Gasteiger partial charge >= 0.3 is 12.0 Å². The highest BCUT2D eigenvalue weighted by Crippen LogP contribution is 2.29. The number of rotatable bonds is 4. The summed E-state index contributed by atoms with van der Waals surface area (Å²) in [4.78, 5) is 26.2. The van der Waals surface area contributed by atoms with Crippen molar-refractivity contribution < 1.29 is 19.4 Å². The SMILES string of the molecule is CN(CC1CC1)C(=O)N1CCOC(CC(=O)O)C1. The first kappa shape index (κ1) is 13.1. The second-order valence-corrected chi connectivity index (χ2v) is 5.14. The van der Waals surface area contributed by atoms with Gasteiger partial charge in [0.1, 0.15) is 0 Å². The standard InChI is InChI=1S/C12H20N2O4/c1-13(7-9-2-3-9)12(17)14-4-5-18-10(8-14)6-11(15)16/h9-10H,2-8H2,1H3,(H,15,16). The van der Waals surface area contributed by atoms with Crippen LogP contribution in [0.3, 0.4) is 0 Å². The number of carboxylic acid groups (broad SMARTS) is 1. The maximum Gasteiger partial charge on any atom is 0.319 e. The smallest absolute Gasteiger partial charge is 0.319 e. The Labute approximate surface area is 106 Å². The van der Waals surface area contributed by atoms with Crippen LogP contribution in [-0.4, -0.2) is 66.3 Å². The van der Waals surface area contributed by atoms with E-state index in [0.717, 1.165) is 6.54 Å². The molecule has 1 saturated carbocycles. The van der Waals surface area contributed by atoms with E-state index in [2.05, 4.69) is 0 Å². The van der Waals surface area contributed by atoms with E-state index in [1.807, 2.05) is 7.05 Å². The average Bonchev–Trinajstić information content (AvgIpc) is 3.11. The van der Waals surface area contributed by atoms with E-state index < -0.39 is 5.97 Å². The Bertz CT molecular complexity index is 330. The third-order valence-electron chi connectivity index (χ3n) is 3.37. The summed E-state index contributed by atoms with van der Waals surface area (Å²) in [5, 5.41) is 8.73. The third kappa shape index (κ3) is 3.60. The van der Waals surface area contributed by atoms with Gasteiger partial charge in [-0.15, -0.1) is 0 Å². The minimum Gasteiger partial charge on any atom is -0.481 e. The van der Waals surface area contributed by atoms with Crippen molar-refractivity contribution in [1.82, 2.24) is 9.80 Å². The predicted molar refractivity (Wildman–Crippen MR) is 64.3 cm³/mol. The van der Waals surface area contributed by atoms with Gasteiger partial charge in [0.2, 0.25) is 0 Å². The molecule has 2 amide bonds. The lowest BCUT2D eigenvalue weighted by Crippen LogP contribution is -2.50. The molecule has 0 bridgehead atoms. The zero-order chi connectivity index (χ0) is 13.1. The summed E-state index contributed by atoms with van der Waals surface area (Å²) < 4.78 is 5.35. The zero-order valence-corrected chi connectivity index (χ0v) is 10.7. The maximum absolute atomic E-state index is 12.1. The van der Waals surface area contributed by atoms with Gasteiger partial charge in [-0.25, -0.2) is 4.79 Å². The summed E-state index contributed by atoms with van der Waals surface area (Å²) in [7, 11) is 1.81. The van der Waals surface area contributed by atoms with Gasteiger partial charge in [0.25, 0.3) is 0 Å². The number of urea groups is 1. The molecule has 0 spiro atoms. The van der Waals surface area contributed by atoms with E-state index in [9.17, 15) is 9.59 Å². The molecule has 1 saturated heterocycles. The summed E-state index contributed by atoms with van der Waals surface area (Å²) in [6.45, 7) is 2.14. The highest BCUT2D eigenvalue weighted by molar-refractivity contribution is 5.74. The monoisotopic (exact) mass is 256 g/mol. The van der Waals surface area contributed by atoms with Crippen LogP contribution in [0.2, 0.25) is 0 Å². The van der Waals surface area contributed by atoms with Crippen LogP contribution in [-0.2, 0) is 9.53 Å². The van der Waals surface area contributed by atoms with Crippen LogP contribution < -0.4 is 0 Å². The number of hydrogen-bond acceptors (Lipinski definition) is 3. The van der Waals surface area contributed by atoms with E-state index in [1.54, 1.807) is 9.80 Å². The molecular weight excluding hydrogens is 236 g/mol. The Balaban J connectivity index is 1.82. The number of nitrogens with zero attached hydrogens (tertiary/aromatic N) is 2. The largest absolute Gasteiger partial charge is 0.481 e. The summed E-state index contributed by atoms with van der Waals surface area (Å²) in [6, 6.07) is -0.0133. The number of ether oxygens (including phenoxy) is 1. The molecule has 1 unspecified atom stereocenters.